The second kappa shape index (κ2) is 3.29. The number of carbonyl (C=O) groups excluding carboxylic acids is 1. The van der Waals surface area contributed by atoms with E-state index in [-0.39, 0.29) is 0 Å². The largest absolute Gasteiger partial charge is 0.396 e. The molecule has 0 spiro atoms. The average Bonchev–Trinajstić information content (AvgIpc) is 2.08. The van der Waals surface area contributed by atoms with Crippen LogP contribution in [0.4, 0.5) is 15.8 Å². The molecule has 0 heterocycles. The molecule has 1 aromatic rings. The number of benzene rings is 1. The highest BCUT2D eigenvalue weighted by molar-refractivity contribution is 5.98. The summed E-state index contributed by atoms with van der Waals surface area (Å²) in [4.78, 5) is 20.1. The van der Waals surface area contributed by atoms with Crippen molar-refractivity contribution < 1.29 is 14.1 Å². The van der Waals surface area contributed by atoms with Gasteiger partial charge in [-0.15, -0.1) is 0 Å². The van der Waals surface area contributed by atoms with E-state index in [1.54, 1.807) is 0 Å². The SMILES string of the molecule is NC(=O)c1cc([N+](=O)[O-])cc(F)c1N. The molecule has 0 aliphatic heterocycles. The van der Waals surface area contributed by atoms with Crippen molar-refractivity contribution in [3.8, 4) is 0 Å². The van der Waals surface area contributed by atoms with Gasteiger partial charge in [-0.25, -0.2) is 4.39 Å². The molecule has 0 radical (unpaired) electrons. The van der Waals surface area contributed by atoms with Gasteiger partial charge in [0, 0.05) is 6.07 Å². The van der Waals surface area contributed by atoms with Crippen LogP contribution in [0.2, 0.25) is 0 Å². The number of nitro groups is 1. The Bertz CT molecular complexity index is 419. The first-order chi connectivity index (χ1) is 6.43. The van der Waals surface area contributed by atoms with Gasteiger partial charge in [0.15, 0.2) is 5.82 Å². The molecule has 1 amide bonds. The van der Waals surface area contributed by atoms with E-state index in [2.05, 4.69) is 0 Å². The minimum Gasteiger partial charge on any atom is -0.396 e. The summed E-state index contributed by atoms with van der Waals surface area (Å²) in [5, 5.41) is 10.3. The van der Waals surface area contributed by atoms with Gasteiger partial charge in [0.05, 0.1) is 22.2 Å². The number of hydrogen-bond acceptors (Lipinski definition) is 4. The Hall–Kier alpha value is -2.18. The predicted octanol–water partition coefficient (Wildman–Crippen LogP) is 0.415. The molecule has 4 N–H and O–H groups in total. The lowest BCUT2D eigenvalue weighted by Crippen LogP contribution is -2.14. The van der Waals surface area contributed by atoms with Gasteiger partial charge in [0.2, 0.25) is 0 Å². The molecule has 14 heavy (non-hydrogen) atoms. The Labute approximate surface area is 77.5 Å². The molecule has 0 bridgehead atoms. The van der Waals surface area contributed by atoms with E-state index in [0.29, 0.717) is 6.07 Å². The fourth-order valence-corrected chi connectivity index (χ4v) is 0.913. The molecule has 1 rings (SSSR count). The van der Waals surface area contributed by atoms with Gasteiger partial charge in [-0.05, 0) is 0 Å². The number of nitrogen functional groups attached to an aromatic ring is 1. The number of nitrogens with zero attached hydrogens (tertiary/aromatic N) is 1. The van der Waals surface area contributed by atoms with E-state index in [1.165, 1.54) is 0 Å². The molecule has 74 valence electrons. The molecule has 0 saturated heterocycles. The lowest BCUT2D eigenvalue weighted by atomic mass is 10.1. The third-order valence-corrected chi connectivity index (χ3v) is 1.59. The van der Waals surface area contributed by atoms with E-state index in [4.69, 9.17) is 11.5 Å². The third-order valence-electron chi connectivity index (χ3n) is 1.59. The van der Waals surface area contributed by atoms with Crippen LogP contribution in [-0.2, 0) is 0 Å². The van der Waals surface area contributed by atoms with Crippen molar-refractivity contribution in [2.24, 2.45) is 5.73 Å². The summed E-state index contributed by atoms with van der Waals surface area (Å²) >= 11 is 0. The van der Waals surface area contributed by atoms with Crippen LogP contribution >= 0.6 is 0 Å². The van der Waals surface area contributed by atoms with Gasteiger partial charge >= 0.3 is 0 Å². The average molecular weight is 199 g/mol. The maximum atomic E-state index is 12.9. The van der Waals surface area contributed by atoms with Crippen molar-refractivity contribution in [2.45, 2.75) is 0 Å². The highest BCUT2D eigenvalue weighted by atomic mass is 19.1. The number of amides is 1. The van der Waals surface area contributed by atoms with Crippen molar-refractivity contribution in [1.29, 1.82) is 0 Å². The van der Waals surface area contributed by atoms with Crippen molar-refractivity contribution in [1.82, 2.24) is 0 Å². The molecule has 6 nitrogen and oxygen atoms in total. The van der Waals surface area contributed by atoms with Crippen LogP contribution in [-0.4, -0.2) is 10.8 Å². The first-order valence-electron chi connectivity index (χ1n) is 3.46. The summed E-state index contributed by atoms with van der Waals surface area (Å²) in [5.74, 6) is -2.04. The second-order valence-corrected chi connectivity index (χ2v) is 2.51. The van der Waals surface area contributed by atoms with Gasteiger partial charge < -0.3 is 11.5 Å². The summed E-state index contributed by atoms with van der Waals surface area (Å²) in [5.41, 5.74) is 8.56. The first kappa shape index (κ1) is 9.90. The molecule has 0 unspecified atom stereocenters. The molecule has 1 aromatic carbocycles. The lowest BCUT2D eigenvalue weighted by Gasteiger charge is -2.02. The number of non-ortho nitro benzene ring substituents is 1. The Kier molecular flexibility index (Phi) is 2.32. The summed E-state index contributed by atoms with van der Waals surface area (Å²) in [6.45, 7) is 0. The molecule has 0 fully saturated rings. The molecule has 0 aromatic heterocycles. The fourth-order valence-electron chi connectivity index (χ4n) is 0.913. The highest BCUT2D eigenvalue weighted by Crippen LogP contribution is 2.22. The van der Waals surface area contributed by atoms with E-state index >= 15 is 0 Å². The van der Waals surface area contributed by atoms with Gasteiger partial charge in [-0.1, -0.05) is 0 Å². The lowest BCUT2D eigenvalue weighted by molar-refractivity contribution is -0.385. The molecule has 0 atom stereocenters. The Morgan fingerprint density at radius 2 is 2.07 bits per heavy atom. The number of anilines is 1. The monoisotopic (exact) mass is 199 g/mol. The molecular formula is C7H6FN3O3. The van der Waals surface area contributed by atoms with E-state index in [0.717, 1.165) is 6.07 Å². The van der Waals surface area contributed by atoms with Crippen LogP contribution in [0, 0.1) is 15.9 Å². The third kappa shape index (κ3) is 1.60. The van der Waals surface area contributed by atoms with Crippen LogP contribution in [0.1, 0.15) is 10.4 Å². The molecule has 7 heteroatoms. The van der Waals surface area contributed by atoms with Crippen LogP contribution in [0.15, 0.2) is 12.1 Å². The van der Waals surface area contributed by atoms with Gasteiger partial charge in [0.25, 0.3) is 11.6 Å². The van der Waals surface area contributed by atoms with E-state index < -0.39 is 33.6 Å². The van der Waals surface area contributed by atoms with Crippen LogP contribution in [0.5, 0.6) is 0 Å². The van der Waals surface area contributed by atoms with Gasteiger partial charge in [-0.2, -0.15) is 0 Å². The minimum absolute atomic E-state index is 0.392. The Morgan fingerprint density at radius 1 is 1.50 bits per heavy atom. The van der Waals surface area contributed by atoms with Crippen LogP contribution < -0.4 is 11.5 Å². The normalized spacial score (nSPS) is 9.79. The number of hydrogen-bond donors (Lipinski definition) is 2. The Balaban J connectivity index is 3.43. The fraction of sp³-hybridized carbons (Fsp3) is 0. The van der Waals surface area contributed by atoms with Crippen molar-refractivity contribution in [2.75, 3.05) is 5.73 Å². The van der Waals surface area contributed by atoms with Crippen molar-refractivity contribution in [3.63, 3.8) is 0 Å². The summed E-state index contributed by atoms with van der Waals surface area (Å²) < 4.78 is 12.9. The topological polar surface area (TPSA) is 112 Å². The molecular weight excluding hydrogens is 193 g/mol. The van der Waals surface area contributed by atoms with Gasteiger partial charge in [0.1, 0.15) is 0 Å². The number of primary amides is 1. The number of nitro benzene ring substituents is 1. The van der Waals surface area contributed by atoms with E-state index in [9.17, 15) is 19.3 Å². The Morgan fingerprint density at radius 3 is 2.50 bits per heavy atom. The summed E-state index contributed by atoms with van der Waals surface area (Å²) in [6, 6.07) is 1.46. The number of nitrogens with two attached hydrogens (primary N) is 2. The maximum absolute atomic E-state index is 12.9. The minimum atomic E-state index is -1.03. The standard InChI is InChI=1S/C7H6FN3O3/c8-5-2-3(11(13)14)1-4(6(5)9)7(10)12/h1-2H,9H2,(H2,10,12). The zero-order chi connectivity index (χ0) is 10.9. The maximum Gasteiger partial charge on any atom is 0.273 e. The summed E-state index contributed by atoms with van der Waals surface area (Å²) in [6.07, 6.45) is 0. The molecule has 0 aliphatic carbocycles. The van der Waals surface area contributed by atoms with Gasteiger partial charge in [-0.3, -0.25) is 14.9 Å². The van der Waals surface area contributed by atoms with Crippen LogP contribution in [0.25, 0.3) is 0 Å². The number of halogens is 1. The first-order valence-corrected chi connectivity index (χ1v) is 3.46. The second-order valence-electron chi connectivity index (χ2n) is 2.51. The zero-order valence-corrected chi connectivity index (χ0v) is 6.86. The summed E-state index contributed by atoms with van der Waals surface area (Å²) in [7, 11) is 0. The van der Waals surface area contributed by atoms with Crippen molar-refractivity contribution in [3.05, 3.63) is 33.6 Å². The predicted molar refractivity (Wildman–Crippen MR) is 46.0 cm³/mol. The quantitative estimate of drug-likeness (QED) is 0.408. The van der Waals surface area contributed by atoms with Crippen molar-refractivity contribution >= 4 is 17.3 Å². The number of carbonyl (C=O) groups is 1. The zero-order valence-electron chi connectivity index (χ0n) is 6.86. The number of rotatable bonds is 2. The van der Waals surface area contributed by atoms with E-state index in [1.807, 2.05) is 0 Å². The molecule has 0 saturated carbocycles. The smallest absolute Gasteiger partial charge is 0.273 e. The van der Waals surface area contributed by atoms with Crippen LogP contribution in [0.3, 0.4) is 0 Å². The molecule has 0 aliphatic rings. The highest BCUT2D eigenvalue weighted by Gasteiger charge is 2.17.